The molecule has 2 aromatic carbocycles. The summed E-state index contributed by atoms with van der Waals surface area (Å²) in [6, 6.07) is 12.9. The summed E-state index contributed by atoms with van der Waals surface area (Å²) in [5.41, 5.74) is 3.30. The van der Waals surface area contributed by atoms with Gasteiger partial charge in [0, 0.05) is 24.7 Å². The van der Waals surface area contributed by atoms with E-state index in [1.807, 2.05) is 50.2 Å². The average molecular weight is 289 g/mol. The predicted molar refractivity (Wildman–Crippen MR) is 84.9 cm³/mol. The van der Waals surface area contributed by atoms with Crippen LogP contribution in [-0.4, -0.2) is 20.0 Å². The maximum atomic E-state index is 12.3. The van der Waals surface area contributed by atoms with E-state index in [9.17, 15) is 4.79 Å². The smallest absolute Gasteiger partial charge is 0.255 e. The van der Waals surface area contributed by atoms with Crippen molar-refractivity contribution in [2.24, 2.45) is 0 Å². The van der Waals surface area contributed by atoms with Gasteiger partial charge >= 0.3 is 0 Å². The van der Waals surface area contributed by atoms with Gasteiger partial charge in [-0.05, 0) is 37.3 Å². The third-order valence-electron chi connectivity index (χ3n) is 2.97. The Balaban J connectivity index is 2.30. The van der Waals surface area contributed by atoms with E-state index in [4.69, 9.17) is 11.6 Å². The molecular weight excluding hydrogens is 272 g/mol. The molecule has 0 bridgehead atoms. The van der Waals surface area contributed by atoms with E-state index in [1.165, 1.54) is 0 Å². The van der Waals surface area contributed by atoms with E-state index in [2.05, 4.69) is 5.32 Å². The predicted octanol–water partition coefficient (Wildman–Crippen LogP) is 3.97. The van der Waals surface area contributed by atoms with E-state index in [0.717, 1.165) is 11.3 Å². The van der Waals surface area contributed by atoms with E-state index >= 15 is 0 Å². The first-order valence-electron chi connectivity index (χ1n) is 6.32. The lowest BCUT2D eigenvalue weighted by atomic mass is 10.1. The fourth-order valence-electron chi connectivity index (χ4n) is 1.98. The lowest BCUT2D eigenvalue weighted by Crippen LogP contribution is -2.16. The highest BCUT2D eigenvalue weighted by molar-refractivity contribution is 6.31. The number of amides is 1. The van der Waals surface area contributed by atoms with E-state index in [-0.39, 0.29) is 5.91 Å². The minimum atomic E-state index is -0.140. The van der Waals surface area contributed by atoms with Gasteiger partial charge in [0.1, 0.15) is 0 Å². The zero-order valence-corrected chi connectivity index (χ0v) is 12.5. The van der Waals surface area contributed by atoms with Crippen molar-refractivity contribution in [2.75, 3.05) is 24.3 Å². The van der Waals surface area contributed by atoms with E-state index in [1.54, 1.807) is 18.2 Å². The number of aryl methyl sites for hydroxylation is 1. The minimum Gasteiger partial charge on any atom is -0.376 e. The van der Waals surface area contributed by atoms with Crippen LogP contribution in [-0.2, 0) is 0 Å². The highest BCUT2D eigenvalue weighted by Gasteiger charge is 2.11. The number of benzene rings is 2. The molecule has 0 unspecified atom stereocenters. The summed E-state index contributed by atoms with van der Waals surface area (Å²) in [6.45, 7) is 1.96. The Labute approximate surface area is 124 Å². The molecule has 0 aliphatic heterocycles. The number of hydrogen-bond donors (Lipinski definition) is 1. The van der Waals surface area contributed by atoms with Crippen LogP contribution in [0.25, 0.3) is 0 Å². The standard InChI is InChI=1S/C16H17ClN2O/c1-11-5-4-6-12(9-11)16(20)18-14-10-13(17)7-8-15(14)19(2)3/h4-10H,1-3H3,(H,18,20). The van der Waals surface area contributed by atoms with Crippen LogP contribution >= 0.6 is 11.6 Å². The molecule has 0 atom stereocenters. The number of carbonyl (C=O) groups is 1. The summed E-state index contributed by atoms with van der Waals surface area (Å²) in [6.07, 6.45) is 0. The molecule has 0 fully saturated rings. The van der Waals surface area contributed by atoms with Gasteiger partial charge in [0.25, 0.3) is 5.91 Å². The number of carbonyl (C=O) groups excluding carboxylic acids is 1. The summed E-state index contributed by atoms with van der Waals surface area (Å²) in [5.74, 6) is -0.140. The number of nitrogens with one attached hydrogen (secondary N) is 1. The Morgan fingerprint density at radius 1 is 1.15 bits per heavy atom. The first-order chi connectivity index (χ1) is 9.47. The number of halogens is 1. The SMILES string of the molecule is Cc1cccc(C(=O)Nc2cc(Cl)ccc2N(C)C)c1. The number of nitrogens with zero attached hydrogens (tertiary/aromatic N) is 1. The molecule has 2 aromatic rings. The molecule has 4 heteroatoms. The maximum Gasteiger partial charge on any atom is 0.255 e. The minimum absolute atomic E-state index is 0.140. The normalized spacial score (nSPS) is 10.2. The zero-order chi connectivity index (χ0) is 14.7. The summed E-state index contributed by atoms with van der Waals surface area (Å²) >= 11 is 6.01. The van der Waals surface area contributed by atoms with Crippen molar-refractivity contribution >= 4 is 28.9 Å². The molecule has 0 aliphatic carbocycles. The van der Waals surface area contributed by atoms with Crippen molar-refractivity contribution in [1.29, 1.82) is 0 Å². The molecule has 3 nitrogen and oxygen atoms in total. The molecule has 1 N–H and O–H groups in total. The van der Waals surface area contributed by atoms with Gasteiger partial charge in [-0.3, -0.25) is 4.79 Å². The van der Waals surface area contributed by atoms with Crippen LogP contribution in [0.1, 0.15) is 15.9 Å². The maximum absolute atomic E-state index is 12.3. The van der Waals surface area contributed by atoms with Crippen molar-refractivity contribution in [2.45, 2.75) is 6.92 Å². The molecular formula is C16H17ClN2O. The molecule has 2 rings (SSSR count). The van der Waals surface area contributed by atoms with Gasteiger partial charge in [-0.25, -0.2) is 0 Å². The van der Waals surface area contributed by atoms with Gasteiger partial charge in [-0.2, -0.15) is 0 Å². The summed E-state index contributed by atoms with van der Waals surface area (Å²) in [7, 11) is 3.84. The van der Waals surface area contributed by atoms with Crippen molar-refractivity contribution < 1.29 is 4.79 Å². The van der Waals surface area contributed by atoms with Crippen LogP contribution < -0.4 is 10.2 Å². The third-order valence-corrected chi connectivity index (χ3v) is 3.20. The molecule has 0 saturated carbocycles. The van der Waals surface area contributed by atoms with Gasteiger partial charge in [0.05, 0.1) is 11.4 Å². The molecule has 20 heavy (non-hydrogen) atoms. The third kappa shape index (κ3) is 3.31. The van der Waals surface area contributed by atoms with E-state index in [0.29, 0.717) is 16.3 Å². The number of rotatable bonds is 3. The Morgan fingerprint density at radius 2 is 1.90 bits per heavy atom. The van der Waals surface area contributed by atoms with Crippen LogP contribution in [0, 0.1) is 6.92 Å². The van der Waals surface area contributed by atoms with E-state index < -0.39 is 0 Å². The fraction of sp³-hybridized carbons (Fsp3) is 0.188. The Morgan fingerprint density at radius 3 is 2.55 bits per heavy atom. The second kappa shape index (κ2) is 5.97. The Bertz CT molecular complexity index is 638. The summed E-state index contributed by atoms with van der Waals surface area (Å²) in [5, 5.41) is 3.50. The van der Waals surface area contributed by atoms with Crippen LogP contribution in [0.4, 0.5) is 11.4 Å². The average Bonchev–Trinajstić information content (AvgIpc) is 2.38. The van der Waals surface area contributed by atoms with Crippen LogP contribution in [0.5, 0.6) is 0 Å². The lowest BCUT2D eigenvalue weighted by molar-refractivity contribution is 0.102. The summed E-state index contributed by atoms with van der Waals surface area (Å²) < 4.78 is 0. The van der Waals surface area contributed by atoms with Crippen molar-refractivity contribution in [3.8, 4) is 0 Å². The van der Waals surface area contributed by atoms with Crippen LogP contribution in [0.15, 0.2) is 42.5 Å². The molecule has 0 heterocycles. The van der Waals surface area contributed by atoms with Gasteiger partial charge in [-0.1, -0.05) is 29.3 Å². The van der Waals surface area contributed by atoms with Crippen LogP contribution in [0.2, 0.25) is 5.02 Å². The van der Waals surface area contributed by atoms with Crippen molar-refractivity contribution in [3.05, 3.63) is 58.6 Å². The molecule has 0 saturated heterocycles. The molecule has 1 amide bonds. The van der Waals surface area contributed by atoms with Crippen molar-refractivity contribution in [3.63, 3.8) is 0 Å². The first-order valence-corrected chi connectivity index (χ1v) is 6.70. The number of anilines is 2. The number of hydrogen-bond acceptors (Lipinski definition) is 2. The summed E-state index contributed by atoms with van der Waals surface area (Å²) in [4.78, 5) is 14.2. The zero-order valence-electron chi connectivity index (χ0n) is 11.8. The monoisotopic (exact) mass is 288 g/mol. The molecule has 0 radical (unpaired) electrons. The molecule has 104 valence electrons. The van der Waals surface area contributed by atoms with Gasteiger partial charge in [0.15, 0.2) is 0 Å². The highest BCUT2D eigenvalue weighted by atomic mass is 35.5. The first kappa shape index (κ1) is 14.4. The van der Waals surface area contributed by atoms with Crippen molar-refractivity contribution in [1.82, 2.24) is 0 Å². The molecule has 0 aliphatic rings. The highest BCUT2D eigenvalue weighted by Crippen LogP contribution is 2.28. The lowest BCUT2D eigenvalue weighted by Gasteiger charge is -2.18. The molecule has 0 aromatic heterocycles. The molecule has 0 spiro atoms. The van der Waals surface area contributed by atoms with Gasteiger partial charge in [-0.15, -0.1) is 0 Å². The second-order valence-electron chi connectivity index (χ2n) is 4.88. The van der Waals surface area contributed by atoms with Crippen LogP contribution in [0.3, 0.4) is 0 Å². The second-order valence-corrected chi connectivity index (χ2v) is 5.32. The Hall–Kier alpha value is -2.00. The quantitative estimate of drug-likeness (QED) is 0.927. The fourth-order valence-corrected chi connectivity index (χ4v) is 2.15. The van der Waals surface area contributed by atoms with Gasteiger partial charge in [0.2, 0.25) is 0 Å². The largest absolute Gasteiger partial charge is 0.376 e. The van der Waals surface area contributed by atoms with Gasteiger partial charge < -0.3 is 10.2 Å². The Kier molecular flexibility index (Phi) is 4.30. The topological polar surface area (TPSA) is 32.3 Å².